The molecular formula is C20H19ClN2O4S. The van der Waals surface area contributed by atoms with Crippen LogP contribution in [-0.2, 0) is 4.74 Å². The van der Waals surface area contributed by atoms with E-state index in [9.17, 15) is 14.4 Å². The van der Waals surface area contributed by atoms with Crippen molar-refractivity contribution in [2.45, 2.75) is 27.7 Å². The first-order valence-corrected chi connectivity index (χ1v) is 9.84. The van der Waals surface area contributed by atoms with Crippen LogP contribution in [0.2, 0.25) is 5.02 Å². The molecule has 0 saturated heterocycles. The highest BCUT2D eigenvalue weighted by Gasteiger charge is 2.23. The molecule has 2 aromatic heterocycles. The zero-order valence-electron chi connectivity index (χ0n) is 15.9. The van der Waals surface area contributed by atoms with E-state index in [2.05, 4.69) is 10.3 Å². The van der Waals surface area contributed by atoms with Gasteiger partial charge in [0.2, 0.25) is 5.43 Å². The first-order chi connectivity index (χ1) is 13.3. The van der Waals surface area contributed by atoms with Crippen molar-refractivity contribution in [1.82, 2.24) is 4.98 Å². The van der Waals surface area contributed by atoms with Crippen LogP contribution in [0.3, 0.4) is 0 Å². The Morgan fingerprint density at radius 2 is 1.93 bits per heavy atom. The Balaban J connectivity index is 2.02. The SMILES string of the molecule is CCOC(=O)c1c(NC(=O)c2c[nH]c3c(C)c(Cl)ccc3c2=O)sc(C)c1C. The van der Waals surface area contributed by atoms with E-state index in [1.54, 1.807) is 32.9 Å². The van der Waals surface area contributed by atoms with Crippen LogP contribution in [0.1, 0.15) is 43.6 Å². The molecule has 0 unspecified atom stereocenters. The number of nitrogens with one attached hydrogen (secondary N) is 2. The summed E-state index contributed by atoms with van der Waals surface area (Å²) in [6.07, 6.45) is 1.36. The van der Waals surface area contributed by atoms with Crippen molar-refractivity contribution < 1.29 is 14.3 Å². The van der Waals surface area contributed by atoms with E-state index >= 15 is 0 Å². The third-order valence-corrected chi connectivity index (χ3v) is 6.12. The number of H-pyrrole nitrogens is 1. The normalized spacial score (nSPS) is 10.9. The fourth-order valence-corrected chi connectivity index (χ4v) is 4.12. The van der Waals surface area contributed by atoms with Gasteiger partial charge in [-0.2, -0.15) is 0 Å². The molecule has 1 amide bonds. The zero-order valence-corrected chi connectivity index (χ0v) is 17.4. The van der Waals surface area contributed by atoms with Crippen molar-refractivity contribution in [2.24, 2.45) is 0 Å². The van der Waals surface area contributed by atoms with Gasteiger partial charge in [0.15, 0.2) is 0 Å². The molecule has 6 nitrogen and oxygen atoms in total. The summed E-state index contributed by atoms with van der Waals surface area (Å²) in [7, 11) is 0. The van der Waals surface area contributed by atoms with Crippen molar-refractivity contribution in [1.29, 1.82) is 0 Å². The zero-order chi connectivity index (χ0) is 20.6. The fourth-order valence-electron chi connectivity index (χ4n) is 2.92. The fraction of sp³-hybridized carbons (Fsp3) is 0.250. The Morgan fingerprint density at radius 3 is 2.61 bits per heavy atom. The third-order valence-electron chi connectivity index (χ3n) is 4.59. The minimum atomic E-state index is -0.595. The molecule has 28 heavy (non-hydrogen) atoms. The van der Waals surface area contributed by atoms with Crippen molar-refractivity contribution in [3.63, 3.8) is 0 Å². The van der Waals surface area contributed by atoms with Gasteiger partial charge in [-0.3, -0.25) is 9.59 Å². The molecule has 146 valence electrons. The summed E-state index contributed by atoms with van der Waals surface area (Å²) in [5.41, 5.74) is 1.93. The maximum Gasteiger partial charge on any atom is 0.341 e. The van der Waals surface area contributed by atoms with Gasteiger partial charge in [-0.15, -0.1) is 11.3 Å². The summed E-state index contributed by atoms with van der Waals surface area (Å²) in [5.74, 6) is -1.10. The molecule has 0 aliphatic heterocycles. The molecular weight excluding hydrogens is 400 g/mol. The van der Waals surface area contributed by atoms with Gasteiger partial charge >= 0.3 is 5.97 Å². The number of hydrogen-bond acceptors (Lipinski definition) is 5. The molecule has 0 aliphatic rings. The van der Waals surface area contributed by atoms with Crippen LogP contribution in [-0.4, -0.2) is 23.5 Å². The lowest BCUT2D eigenvalue weighted by molar-refractivity contribution is 0.0527. The Morgan fingerprint density at radius 1 is 1.21 bits per heavy atom. The second kappa shape index (κ2) is 7.77. The van der Waals surface area contributed by atoms with E-state index in [0.29, 0.717) is 26.5 Å². The Hall–Kier alpha value is -2.64. The van der Waals surface area contributed by atoms with E-state index in [0.717, 1.165) is 16.0 Å². The summed E-state index contributed by atoms with van der Waals surface area (Å²) in [6, 6.07) is 3.21. The molecule has 1 aromatic carbocycles. The number of carbonyl (C=O) groups is 2. The number of anilines is 1. The number of fused-ring (bicyclic) bond motifs is 1. The van der Waals surface area contributed by atoms with Gasteiger partial charge in [0.05, 0.1) is 17.7 Å². The first-order valence-electron chi connectivity index (χ1n) is 8.65. The Bertz CT molecular complexity index is 1160. The molecule has 3 aromatic rings. The summed E-state index contributed by atoms with van der Waals surface area (Å²) in [6.45, 7) is 7.39. The number of amides is 1. The van der Waals surface area contributed by atoms with Crippen molar-refractivity contribution in [3.05, 3.63) is 60.7 Å². The van der Waals surface area contributed by atoms with Crippen LogP contribution in [0.15, 0.2) is 23.1 Å². The second-order valence-electron chi connectivity index (χ2n) is 6.29. The predicted molar refractivity (Wildman–Crippen MR) is 112 cm³/mol. The molecule has 0 aliphatic carbocycles. The van der Waals surface area contributed by atoms with Gasteiger partial charge in [0.1, 0.15) is 10.6 Å². The topological polar surface area (TPSA) is 88.3 Å². The molecule has 0 atom stereocenters. The standard InChI is InChI=1S/C20H19ClN2O4S/c1-5-27-20(26)15-9(2)11(4)28-19(15)23-18(25)13-8-22-16-10(3)14(21)7-6-12(16)17(13)24/h6-8H,5H2,1-4H3,(H,22,24)(H,23,25). The summed E-state index contributed by atoms with van der Waals surface area (Å²) >= 11 is 7.37. The summed E-state index contributed by atoms with van der Waals surface area (Å²) in [4.78, 5) is 41.7. The molecule has 2 heterocycles. The van der Waals surface area contributed by atoms with Crippen LogP contribution in [0.4, 0.5) is 5.00 Å². The summed E-state index contributed by atoms with van der Waals surface area (Å²) < 4.78 is 5.09. The quantitative estimate of drug-likeness (QED) is 0.606. The van der Waals surface area contributed by atoms with Crippen molar-refractivity contribution in [2.75, 3.05) is 11.9 Å². The average Bonchev–Trinajstić information content (AvgIpc) is 2.92. The van der Waals surface area contributed by atoms with Crippen LogP contribution < -0.4 is 10.7 Å². The number of pyridine rings is 1. The molecule has 0 saturated carbocycles. The first kappa shape index (κ1) is 20.1. The number of aromatic amines is 1. The largest absolute Gasteiger partial charge is 0.462 e. The number of hydrogen-bond donors (Lipinski definition) is 2. The highest BCUT2D eigenvalue weighted by molar-refractivity contribution is 7.16. The summed E-state index contributed by atoms with van der Waals surface area (Å²) in [5, 5.41) is 3.96. The van der Waals surface area contributed by atoms with Crippen LogP contribution in [0.5, 0.6) is 0 Å². The molecule has 0 fully saturated rings. The Kier molecular flexibility index (Phi) is 5.58. The number of carbonyl (C=O) groups excluding carboxylic acids is 2. The van der Waals surface area contributed by atoms with Crippen LogP contribution >= 0.6 is 22.9 Å². The monoisotopic (exact) mass is 418 g/mol. The number of ether oxygens (including phenoxy) is 1. The van der Waals surface area contributed by atoms with Crippen LogP contribution in [0, 0.1) is 20.8 Å². The Labute approximate surface area is 170 Å². The van der Waals surface area contributed by atoms with Gasteiger partial charge in [0, 0.05) is 21.5 Å². The van der Waals surface area contributed by atoms with Gasteiger partial charge in [-0.1, -0.05) is 11.6 Å². The van der Waals surface area contributed by atoms with E-state index in [1.165, 1.54) is 17.5 Å². The van der Waals surface area contributed by atoms with Gasteiger partial charge < -0.3 is 15.0 Å². The highest BCUT2D eigenvalue weighted by Crippen LogP contribution is 2.33. The number of benzene rings is 1. The second-order valence-corrected chi connectivity index (χ2v) is 7.92. The van der Waals surface area contributed by atoms with Gasteiger partial charge in [0.25, 0.3) is 5.91 Å². The number of aromatic nitrogens is 1. The minimum Gasteiger partial charge on any atom is -0.462 e. The number of esters is 1. The van der Waals surface area contributed by atoms with Gasteiger partial charge in [-0.05, 0) is 51.0 Å². The van der Waals surface area contributed by atoms with E-state index in [4.69, 9.17) is 16.3 Å². The maximum absolute atomic E-state index is 12.8. The number of aryl methyl sites for hydroxylation is 2. The lowest BCUT2D eigenvalue weighted by Crippen LogP contribution is -2.22. The lowest BCUT2D eigenvalue weighted by Gasteiger charge is -2.09. The molecule has 0 bridgehead atoms. The van der Waals surface area contributed by atoms with E-state index in [-0.39, 0.29) is 12.2 Å². The third kappa shape index (κ3) is 3.43. The van der Waals surface area contributed by atoms with Gasteiger partial charge in [-0.25, -0.2) is 4.79 Å². The number of halogens is 1. The maximum atomic E-state index is 12.8. The lowest BCUT2D eigenvalue weighted by atomic mass is 10.1. The predicted octanol–water partition coefficient (Wildman–Crippen LogP) is 4.60. The average molecular weight is 419 g/mol. The molecule has 3 rings (SSSR count). The highest BCUT2D eigenvalue weighted by atomic mass is 35.5. The molecule has 8 heteroatoms. The smallest absolute Gasteiger partial charge is 0.341 e. The van der Waals surface area contributed by atoms with Crippen LogP contribution in [0.25, 0.3) is 10.9 Å². The van der Waals surface area contributed by atoms with Crippen molar-refractivity contribution >= 4 is 50.7 Å². The number of thiophene rings is 1. The molecule has 2 N–H and O–H groups in total. The van der Waals surface area contributed by atoms with E-state index < -0.39 is 17.3 Å². The number of rotatable bonds is 4. The molecule has 0 radical (unpaired) electrons. The van der Waals surface area contributed by atoms with Crippen molar-refractivity contribution in [3.8, 4) is 0 Å². The molecule has 0 spiro atoms. The minimum absolute atomic E-state index is 0.0484. The van der Waals surface area contributed by atoms with E-state index in [1.807, 2.05) is 6.92 Å².